The van der Waals surface area contributed by atoms with Gasteiger partial charge in [-0.2, -0.15) is 0 Å². The highest BCUT2D eigenvalue weighted by Gasteiger charge is 1.97. The third-order valence-corrected chi connectivity index (χ3v) is 2.70. The molecule has 1 aromatic rings. The molecule has 0 radical (unpaired) electrons. The van der Waals surface area contributed by atoms with Crippen LogP contribution in [-0.2, 0) is 0 Å². The second kappa shape index (κ2) is 9.67. The van der Waals surface area contributed by atoms with Crippen molar-refractivity contribution in [2.24, 2.45) is 10.9 Å². The van der Waals surface area contributed by atoms with Crippen LogP contribution in [0.1, 0.15) is 26.3 Å². The van der Waals surface area contributed by atoms with Gasteiger partial charge in [0.15, 0.2) is 5.84 Å². The Morgan fingerprint density at radius 2 is 1.89 bits per heavy atom. The molecule has 0 amide bonds. The summed E-state index contributed by atoms with van der Waals surface area (Å²) in [4.78, 5) is 6.12. The number of amidine groups is 1. The molecule has 0 saturated carbocycles. The molecule has 1 aromatic heterocycles. The van der Waals surface area contributed by atoms with Gasteiger partial charge in [0.2, 0.25) is 0 Å². The van der Waals surface area contributed by atoms with Crippen molar-refractivity contribution in [3.8, 4) is 0 Å². The molecule has 0 aromatic carbocycles. The smallest absolute Gasteiger partial charge is 0.171 e. The van der Waals surface area contributed by atoms with Gasteiger partial charge in [0, 0.05) is 11.8 Å². The van der Waals surface area contributed by atoms with E-state index in [2.05, 4.69) is 35.8 Å². The molecular weight excluding hydrogens is 252 g/mol. The summed E-state index contributed by atoms with van der Waals surface area (Å²) in [6.07, 6.45) is 1.43. The second-order valence-corrected chi connectivity index (χ2v) is 3.86. The average Bonchev–Trinajstić information content (AvgIpc) is 2.41. The number of pyridine rings is 1. The molecule has 1 rings (SSSR count). The van der Waals surface area contributed by atoms with Crippen molar-refractivity contribution < 1.29 is 5.21 Å². The van der Waals surface area contributed by atoms with E-state index in [4.69, 9.17) is 22.5 Å². The molecule has 0 spiro atoms. The van der Waals surface area contributed by atoms with E-state index < -0.39 is 0 Å². The first kappa shape index (κ1) is 16.7. The van der Waals surface area contributed by atoms with E-state index in [1.807, 2.05) is 0 Å². The van der Waals surface area contributed by atoms with Crippen molar-refractivity contribution in [2.45, 2.75) is 20.8 Å². The molecular formula is C12H21ClN4O. The largest absolute Gasteiger partial charge is 0.409 e. The van der Waals surface area contributed by atoms with Gasteiger partial charge in [0.05, 0.1) is 0 Å². The minimum absolute atomic E-state index is 0.0224. The van der Waals surface area contributed by atoms with Gasteiger partial charge in [-0.25, -0.2) is 4.98 Å². The average molecular weight is 273 g/mol. The van der Waals surface area contributed by atoms with Crippen LogP contribution in [0.15, 0.2) is 23.5 Å². The zero-order valence-electron chi connectivity index (χ0n) is 11.1. The predicted molar refractivity (Wildman–Crippen MR) is 75.2 cm³/mol. The van der Waals surface area contributed by atoms with Crippen molar-refractivity contribution in [2.75, 3.05) is 19.6 Å². The fourth-order valence-electron chi connectivity index (χ4n) is 1.26. The highest BCUT2D eigenvalue weighted by molar-refractivity contribution is 6.29. The number of halogens is 1. The number of hydrogen-bond acceptors (Lipinski definition) is 4. The van der Waals surface area contributed by atoms with Crippen molar-refractivity contribution in [3.63, 3.8) is 0 Å². The normalized spacial score (nSPS) is 11.1. The summed E-state index contributed by atoms with van der Waals surface area (Å²) in [7, 11) is 0. The van der Waals surface area contributed by atoms with Gasteiger partial charge in [-0.3, -0.25) is 0 Å². The Labute approximate surface area is 113 Å². The van der Waals surface area contributed by atoms with Crippen LogP contribution in [-0.4, -0.2) is 40.6 Å². The summed E-state index contributed by atoms with van der Waals surface area (Å²) in [6.45, 7) is 10.1. The number of rotatable bonds is 4. The molecule has 0 aliphatic rings. The SMILES string of the molecule is CCN(CC)CC.NC(=NO)c1ccc(Cl)nc1. The van der Waals surface area contributed by atoms with Crippen molar-refractivity contribution in [3.05, 3.63) is 29.0 Å². The Bertz CT molecular complexity index is 344. The maximum Gasteiger partial charge on any atom is 0.171 e. The first-order chi connectivity index (χ1) is 8.58. The number of aromatic nitrogens is 1. The first-order valence-corrected chi connectivity index (χ1v) is 6.28. The molecule has 0 fully saturated rings. The van der Waals surface area contributed by atoms with Crippen LogP contribution in [0.2, 0.25) is 5.15 Å². The van der Waals surface area contributed by atoms with E-state index >= 15 is 0 Å². The molecule has 1 heterocycles. The van der Waals surface area contributed by atoms with Gasteiger partial charge in [-0.15, -0.1) is 0 Å². The van der Waals surface area contributed by atoms with Gasteiger partial charge >= 0.3 is 0 Å². The van der Waals surface area contributed by atoms with Crippen LogP contribution in [0, 0.1) is 0 Å². The third kappa shape index (κ3) is 6.42. The van der Waals surface area contributed by atoms with Crippen LogP contribution < -0.4 is 5.73 Å². The minimum atomic E-state index is 0.0224. The molecule has 5 nitrogen and oxygen atoms in total. The fraction of sp³-hybridized carbons (Fsp3) is 0.500. The number of nitrogens with two attached hydrogens (primary N) is 1. The van der Waals surface area contributed by atoms with Crippen molar-refractivity contribution in [1.82, 2.24) is 9.88 Å². The topological polar surface area (TPSA) is 74.7 Å². The second-order valence-electron chi connectivity index (χ2n) is 3.47. The predicted octanol–water partition coefficient (Wildman–Crippen LogP) is 2.18. The van der Waals surface area contributed by atoms with E-state index in [-0.39, 0.29) is 5.84 Å². The zero-order chi connectivity index (χ0) is 14.0. The van der Waals surface area contributed by atoms with Gasteiger partial charge in [-0.1, -0.05) is 37.5 Å². The molecule has 0 unspecified atom stereocenters. The third-order valence-electron chi connectivity index (χ3n) is 2.47. The van der Waals surface area contributed by atoms with E-state index in [9.17, 15) is 0 Å². The lowest BCUT2D eigenvalue weighted by molar-refractivity contribution is 0.318. The molecule has 18 heavy (non-hydrogen) atoms. The van der Waals surface area contributed by atoms with E-state index in [0.29, 0.717) is 10.7 Å². The maximum absolute atomic E-state index is 8.26. The molecule has 0 aliphatic carbocycles. The van der Waals surface area contributed by atoms with Crippen LogP contribution >= 0.6 is 11.6 Å². The summed E-state index contributed by atoms with van der Waals surface area (Å²) < 4.78 is 0. The van der Waals surface area contributed by atoms with E-state index in [1.165, 1.54) is 25.8 Å². The highest BCUT2D eigenvalue weighted by Crippen LogP contribution is 2.04. The summed E-state index contributed by atoms with van der Waals surface area (Å²) in [5.41, 5.74) is 5.80. The van der Waals surface area contributed by atoms with Crippen LogP contribution in [0.5, 0.6) is 0 Å². The monoisotopic (exact) mass is 272 g/mol. The Morgan fingerprint density at radius 3 is 2.17 bits per heavy atom. The van der Waals surface area contributed by atoms with Crippen molar-refractivity contribution in [1.29, 1.82) is 0 Å². The molecule has 0 atom stereocenters. The van der Waals surface area contributed by atoms with Gasteiger partial charge in [0.25, 0.3) is 0 Å². The van der Waals surface area contributed by atoms with Gasteiger partial charge in [0.1, 0.15) is 5.15 Å². The van der Waals surface area contributed by atoms with Gasteiger partial charge in [-0.05, 0) is 31.8 Å². The molecule has 0 bridgehead atoms. The summed E-state index contributed by atoms with van der Waals surface area (Å²) >= 11 is 5.51. The lowest BCUT2D eigenvalue weighted by atomic mass is 10.3. The van der Waals surface area contributed by atoms with Crippen LogP contribution in [0.25, 0.3) is 0 Å². The lowest BCUT2D eigenvalue weighted by Crippen LogP contribution is -2.21. The lowest BCUT2D eigenvalue weighted by Gasteiger charge is -2.13. The highest BCUT2D eigenvalue weighted by atomic mass is 35.5. The van der Waals surface area contributed by atoms with E-state index in [1.54, 1.807) is 12.1 Å². The quantitative estimate of drug-likeness (QED) is 0.290. The molecule has 0 saturated heterocycles. The summed E-state index contributed by atoms with van der Waals surface area (Å²) in [6, 6.07) is 3.18. The number of oxime groups is 1. The fourth-order valence-corrected chi connectivity index (χ4v) is 1.37. The molecule has 3 N–H and O–H groups in total. The van der Waals surface area contributed by atoms with Crippen molar-refractivity contribution >= 4 is 17.4 Å². The molecule has 0 aliphatic heterocycles. The Balaban J connectivity index is 0.000000360. The van der Waals surface area contributed by atoms with Crippen LogP contribution in [0.3, 0.4) is 0 Å². The number of hydrogen-bond donors (Lipinski definition) is 2. The summed E-state index contributed by atoms with van der Waals surface area (Å²) in [5, 5.41) is 11.4. The van der Waals surface area contributed by atoms with Crippen LogP contribution in [0.4, 0.5) is 0 Å². The zero-order valence-corrected chi connectivity index (χ0v) is 11.9. The standard InChI is InChI=1S/C6H6ClN3O.C6H15N/c7-5-2-1-4(3-9-5)6(8)10-11;1-4-7(5-2)6-3/h1-3,11H,(H2,8,10);4-6H2,1-3H3. The minimum Gasteiger partial charge on any atom is -0.409 e. The van der Waals surface area contributed by atoms with E-state index in [0.717, 1.165) is 0 Å². The Hall–Kier alpha value is -1.33. The Kier molecular flexibility index (Phi) is 8.96. The summed E-state index contributed by atoms with van der Waals surface area (Å²) in [5.74, 6) is 0.0224. The van der Waals surface area contributed by atoms with Gasteiger partial charge < -0.3 is 15.8 Å². The first-order valence-electron chi connectivity index (χ1n) is 5.90. The molecule has 102 valence electrons. The molecule has 6 heteroatoms. The Morgan fingerprint density at radius 1 is 1.33 bits per heavy atom. The number of nitrogens with zero attached hydrogens (tertiary/aromatic N) is 3. The maximum atomic E-state index is 8.26.